The van der Waals surface area contributed by atoms with E-state index in [1.165, 1.54) is 11.3 Å². The van der Waals surface area contributed by atoms with Crippen molar-refractivity contribution in [3.8, 4) is 0 Å². The van der Waals surface area contributed by atoms with Crippen LogP contribution in [0.15, 0.2) is 24.3 Å². The van der Waals surface area contributed by atoms with Gasteiger partial charge in [0.05, 0.1) is 19.8 Å². The van der Waals surface area contributed by atoms with E-state index in [1.54, 1.807) is 7.11 Å². The van der Waals surface area contributed by atoms with Crippen LogP contribution in [0.5, 0.6) is 0 Å². The Labute approximate surface area is 97.8 Å². The van der Waals surface area contributed by atoms with Crippen LogP contribution in [0.2, 0.25) is 0 Å². The monoisotopic (exact) mass is 223 g/mol. The standard InChI is InChI=1S/C13H21NO2/c1-3-12-6-4-5-7-13(12)14-8-9-16-11-10-15-2/h4-7,14H,3,8-11H2,1-2H3. The molecule has 0 spiro atoms. The third-order valence-electron chi connectivity index (χ3n) is 2.39. The lowest BCUT2D eigenvalue weighted by Gasteiger charge is -2.10. The van der Waals surface area contributed by atoms with Crippen molar-refractivity contribution in [1.29, 1.82) is 0 Å². The van der Waals surface area contributed by atoms with Crippen molar-refractivity contribution in [3.63, 3.8) is 0 Å². The minimum absolute atomic E-state index is 0.658. The largest absolute Gasteiger partial charge is 0.383 e. The number of hydrogen-bond acceptors (Lipinski definition) is 3. The molecule has 0 fully saturated rings. The normalized spacial score (nSPS) is 10.4. The maximum Gasteiger partial charge on any atom is 0.0701 e. The number of aryl methyl sites for hydroxylation is 1. The summed E-state index contributed by atoms with van der Waals surface area (Å²) in [6, 6.07) is 8.37. The van der Waals surface area contributed by atoms with Gasteiger partial charge in [-0.2, -0.15) is 0 Å². The van der Waals surface area contributed by atoms with E-state index >= 15 is 0 Å². The molecular formula is C13H21NO2. The first-order valence-electron chi connectivity index (χ1n) is 5.77. The molecule has 3 nitrogen and oxygen atoms in total. The highest BCUT2D eigenvalue weighted by Gasteiger charge is 1.97. The van der Waals surface area contributed by atoms with Gasteiger partial charge in [0, 0.05) is 19.3 Å². The van der Waals surface area contributed by atoms with Gasteiger partial charge < -0.3 is 14.8 Å². The molecule has 1 N–H and O–H groups in total. The molecule has 0 radical (unpaired) electrons. The summed E-state index contributed by atoms with van der Waals surface area (Å²) in [4.78, 5) is 0. The highest BCUT2D eigenvalue weighted by atomic mass is 16.5. The topological polar surface area (TPSA) is 30.5 Å². The number of ether oxygens (including phenoxy) is 2. The molecule has 0 aliphatic rings. The predicted octanol–water partition coefficient (Wildman–Crippen LogP) is 2.32. The molecule has 1 aromatic carbocycles. The number of methoxy groups -OCH3 is 1. The lowest BCUT2D eigenvalue weighted by molar-refractivity contribution is 0.0759. The lowest BCUT2D eigenvalue weighted by Crippen LogP contribution is -2.12. The molecule has 0 aliphatic carbocycles. The van der Waals surface area contributed by atoms with Gasteiger partial charge in [0.15, 0.2) is 0 Å². The molecule has 0 unspecified atom stereocenters. The Morgan fingerprint density at radius 3 is 2.69 bits per heavy atom. The SMILES string of the molecule is CCc1ccccc1NCCOCCOC. The lowest BCUT2D eigenvalue weighted by atomic mass is 10.1. The fraction of sp³-hybridized carbons (Fsp3) is 0.538. The molecular weight excluding hydrogens is 202 g/mol. The third-order valence-corrected chi connectivity index (χ3v) is 2.39. The summed E-state index contributed by atoms with van der Waals surface area (Å²) in [5, 5.41) is 3.38. The minimum Gasteiger partial charge on any atom is -0.383 e. The molecule has 0 aliphatic heterocycles. The molecule has 0 saturated heterocycles. The summed E-state index contributed by atoms with van der Waals surface area (Å²) in [5.41, 5.74) is 2.56. The van der Waals surface area contributed by atoms with E-state index in [0.717, 1.165) is 13.0 Å². The third kappa shape index (κ3) is 4.64. The molecule has 3 heteroatoms. The maximum atomic E-state index is 5.38. The maximum absolute atomic E-state index is 5.38. The van der Waals surface area contributed by atoms with Crippen molar-refractivity contribution in [2.24, 2.45) is 0 Å². The van der Waals surface area contributed by atoms with Crippen LogP contribution in [-0.2, 0) is 15.9 Å². The molecule has 0 atom stereocenters. The second-order valence-corrected chi connectivity index (χ2v) is 3.54. The summed E-state index contributed by atoms with van der Waals surface area (Å²) in [7, 11) is 1.68. The van der Waals surface area contributed by atoms with Crippen LogP contribution in [0.3, 0.4) is 0 Å². The summed E-state index contributed by atoms with van der Waals surface area (Å²) in [6.07, 6.45) is 1.05. The van der Waals surface area contributed by atoms with Gasteiger partial charge in [-0.25, -0.2) is 0 Å². The first kappa shape index (κ1) is 13.0. The molecule has 0 aromatic heterocycles. The highest BCUT2D eigenvalue weighted by Crippen LogP contribution is 2.14. The van der Waals surface area contributed by atoms with Gasteiger partial charge in [-0.1, -0.05) is 25.1 Å². The number of anilines is 1. The van der Waals surface area contributed by atoms with Crippen LogP contribution in [0, 0.1) is 0 Å². The average molecular weight is 223 g/mol. The Morgan fingerprint density at radius 1 is 1.12 bits per heavy atom. The Kier molecular flexibility index (Phi) is 6.61. The van der Waals surface area contributed by atoms with E-state index in [2.05, 4.69) is 30.4 Å². The zero-order chi connectivity index (χ0) is 11.6. The second kappa shape index (κ2) is 8.13. The van der Waals surface area contributed by atoms with Crippen molar-refractivity contribution < 1.29 is 9.47 Å². The fourth-order valence-electron chi connectivity index (χ4n) is 1.50. The van der Waals surface area contributed by atoms with E-state index in [-0.39, 0.29) is 0 Å². The van der Waals surface area contributed by atoms with Gasteiger partial charge in [0.2, 0.25) is 0 Å². The molecule has 0 bridgehead atoms. The Balaban J connectivity index is 2.21. The van der Waals surface area contributed by atoms with E-state index in [1.807, 2.05) is 6.07 Å². The Bertz CT molecular complexity index is 289. The number of nitrogens with one attached hydrogen (secondary N) is 1. The van der Waals surface area contributed by atoms with E-state index in [9.17, 15) is 0 Å². The smallest absolute Gasteiger partial charge is 0.0701 e. The van der Waals surface area contributed by atoms with E-state index < -0.39 is 0 Å². The summed E-state index contributed by atoms with van der Waals surface area (Å²) >= 11 is 0. The number of benzene rings is 1. The highest BCUT2D eigenvalue weighted by molar-refractivity contribution is 5.50. The van der Waals surface area contributed by atoms with Crippen molar-refractivity contribution in [1.82, 2.24) is 0 Å². The van der Waals surface area contributed by atoms with Crippen molar-refractivity contribution in [2.45, 2.75) is 13.3 Å². The van der Waals surface area contributed by atoms with Gasteiger partial charge in [0.1, 0.15) is 0 Å². The van der Waals surface area contributed by atoms with E-state index in [4.69, 9.17) is 9.47 Å². The van der Waals surface area contributed by atoms with Crippen LogP contribution < -0.4 is 5.32 Å². The Morgan fingerprint density at radius 2 is 1.94 bits per heavy atom. The van der Waals surface area contributed by atoms with Crippen LogP contribution in [0.4, 0.5) is 5.69 Å². The summed E-state index contributed by atoms with van der Waals surface area (Å²) in [6.45, 7) is 5.02. The van der Waals surface area contributed by atoms with Crippen molar-refractivity contribution >= 4 is 5.69 Å². The number of hydrogen-bond donors (Lipinski definition) is 1. The zero-order valence-corrected chi connectivity index (χ0v) is 10.2. The molecule has 0 saturated carbocycles. The molecule has 1 rings (SSSR count). The Hall–Kier alpha value is -1.06. The van der Waals surface area contributed by atoms with Gasteiger partial charge in [0.25, 0.3) is 0 Å². The van der Waals surface area contributed by atoms with Crippen LogP contribution in [0.25, 0.3) is 0 Å². The predicted molar refractivity (Wildman–Crippen MR) is 67.0 cm³/mol. The van der Waals surface area contributed by atoms with Crippen molar-refractivity contribution in [2.75, 3.05) is 38.8 Å². The van der Waals surface area contributed by atoms with E-state index in [0.29, 0.717) is 19.8 Å². The van der Waals surface area contributed by atoms with Gasteiger partial charge in [-0.15, -0.1) is 0 Å². The second-order valence-electron chi connectivity index (χ2n) is 3.54. The van der Waals surface area contributed by atoms with Crippen molar-refractivity contribution in [3.05, 3.63) is 29.8 Å². The molecule has 90 valence electrons. The molecule has 0 amide bonds. The average Bonchev–Trinajstić information content (AvgIpc) is 2.34. The minimum atomic E-state index is 0.658. The van der Waals surface area contributed by atoms with Crippen LogP contribution in [0.1, 0.15) is 12.5 Å². The number of para-hydroxylation sites is 1. The molecule has 1 aromatic rings. The summed E-state index contributed by atoms with van der Waals surface area (Å²) < 4.78 is 10.3. The van der Waals surface area contributed by atoms with Gasteiger partial charge >= 0.3 is 0 Å². The quantitative estimate of drug-likeness (QED) is 0.686. The fourth-order valence-corrected chi connectivity index (χ4v) is 1.50. The van der Waals surface area contributed by atoms with Crippen LogP contribution in [-0.4, -0.2) is 33.5 Å². The number of rotatable bonds is 8. The first-order valence-corrected chi connectivity index (χ1v) is 5.77. The zero-order valence-electron chi connectivity index (χ0n) is 10.2. The molecule has 0 heterocycles. The van der Waals surface area contributed by atoms with Gasteiger partial charge in [-0.05, 0) is 18.1 Å². The molecule has 16 heavy (non-hydrogen) atoms. The summed E-state index contributed by atoms with van der Waals surface area (Å²) in [5.74, 6) is 0. The van der Waals surface area contributed by atoms with Crippen LogP contribution >= 0.6 is 0 Å². The van der Waals surface area contributed by atoms with Gasteiger partial charge in [-0.3, -0.25) is 0 Å². The first-order chi connectivity index (χ1) is 7.88.